The number of rotatable bonds is 22. The number of aryl methyl sites for hydroxylation is 1. The number of cyclic esters (lactones) is 1. The van der Waals surface area contributed by atoms with E-state index in [1.54, 1.807) is 7.11 Å². The minimum absolute atomic E-state index is 0. The Morgan fingerprint density at radius 1 is 0.860 bits per heavy atom. The Morgan fingerprint density at radius 2 is 1.49 bits per heavy atom. The van der Waals surface area contributed by atoms with Crippen LogP contribution in [-0.2, 0) is 20.8 Å². The van der Waals surface area contributed by atoms with Crippen molar-refractivity contribution in [2.75, 3.05) is 20.3 Å². The van der Waals surface area contributed by atoms with Crippen LogP contribution in [0.2, 0.25) is 0 Å². The lowest BCUT2D eigenvalue weighted by molar-refractivity contribution is -0.671. The number of methoxy groups -OCH3 is 1. The van der Waals surface area contributed by atoms with Crippen molar-refractivity contribution < 1.29 is 40.6 Å². The minimum Gasteiger partial charge on any atom is -1.00 e. The number of carbonyl (C=O) groups excluding carboxylic acids is 1. The molecule has 2 unspecified atom stereocenters. The Bertz CT molecular complexity index is 935. The Labute approximate surface area is 273 Å². The first-order chi connectivity index (χ1) is 20.7. The molecule has 7 heteroatoms. The van der Waals surface area contributed by atoms with Crippen LogP contribution in [0.1, 0.15) is 129 Å². The summed E-state index contributed by atoms with van der Waals surface area (Å²) in [5.41, 5.74) is 1.29. The van der Waals surface area contributed by atoms with Crippen LogP contribution in [0.5, 0.6) is 0 Å². The van der Waals surface area contributed by atoms with E-state index in [4.69, 9.17) is 14.2 Å². The van der Waals surface area contributed by atoms with E-state index in [1.807, 2.05) is 0 Å². The van der Waals surface area contributed by atoms with Crippen LogP contribution in [0.15, 0.2) is 42.6 Å². The number of nitrogens with zero attached hydrogens (tertiary/aromatic N) is 1. The molecule has 1 amide bonds. The maximum atomic E-state index is 11.1. The number of para-hydroxylation sites is 1. The third kappa shape index (κ3) is 18.7. The number of ether oxygens (including phenoxy) is 3. The van der Waals surface area contributed by atoms with Crippen LogP contribution in [0, 0.1) is 0 Å². The predicted octanol–water partition coefficient (Wildman–Crippen LogP) is 6.28. The van der Waals surface area contributed by atoms with Gasteiger partial charge in [-0.05, 0) is 37.8 Å². The number of hydrogen-bond acceptors (Lipinski definition) is 4. The number of amides is 1. The lowest BCUT2D eigenvalue weighted by atomic mass is 10.0. The Kier molecular flexibility index (Phi) is 24.4. The van der Waals surface area contributed by atoms with Crippen molar-refractivity contribution in [1.82, 2.24) is 5.32 Å². The molecule has 2 aromatic rings. The maximum Gasteiger partial charge on any atom is 0.407 e. The van der Waals surface area contributed by atoms with Gasteiger partial charge < -0.3 is 36.5 Å². The second-order valence-electron chi connectivity index (χ2n) is 11.7. The van der Waals surface area contributed by atoms with E-state index in [0.717, 1.165) is 51.8 Å². The van der Waals surface area contributed by atoms with Gasteiger partial charge in [-0.3, -0.25) is 0 Å². The molecule has 1 N–H and O–H groups in total. The molecule has 1 aliphatic heterocycles. The van der Waals surface area contributed by atoms with Gasteiger partial charge in [0, 0.05) is 50.6 Å². The second-order valence-corrected chi connectivity index (χ2v) is 11.7. The van der Waals surface area contributed by atoms with Gasteiger partial charge in [0.25, 0.3) is 0 Å². The molecule has 246 valence electrons. The van der Waals surface area contributed by atoms with E-state index >= 15 is 0 Å². The lowest BCUT2D eigenvalue weighted by Crippen LogP contribution is -3.00. The molecule has 1 aromatic heterocycles. The third-order valence-corrected chi connectivity index (χ3v) is 8.12. The Balaban J connectivity index is 0.000000422. The third-order valence-electron chi connectivity index (χ3n) is 8.12. The first kappa shape index (κ1) is 39.3. The highest BCUT2D eigenvalue weighted by atomic mass is 79.9. The van der Waals surface area contributed by atoms with Crippen molar-refractivity contribution in [2.45, 2.75) is 148 Å². The number of benzene rings is 1. The van der Waals surface area contributed by atoms with E-state index in [9.17, 15) is 4.79 Å². The SMILES string of the molecule is CCC(OC)OCCCC[n+]1cccc2ccccc21.CCCCCCCCCCCCCCCC1CCNC(=O)O1.[Br-]. The molecule has 2 atom stereocenters. The fourth-order valence-corrected chi connectivity index (χ4v) is 5.55. The fourth-order valence-electron chi connectivity index (χ4n) is 5.55. The molecule has 3 rings (SSSR count). The van der Waals surface area contributed by atoms with Crippen molar-refractivity contribution >= 4 is 17.0 Å². The first-order valence-electron chi connectivity index (χ1n) is 17.1. The summed E-state index contributed by atoms with van der Waals surface area (Å²) in [5.74, 6) is 0. The zero-order valence-corrected chi connectivity index (χ0v) is 29.1. The summed E-state index contributed by atoms with van der Waals surface area (Å²) >= 11 is 0. The largest absolute Gasteiger partial charge is 1.00 e. The molecule has 1 fully saturated rings. The molecule has 0 bridgehead atoms. The van der Waals surface area contributed by atoms with Crippen molar-refractivity contribution in [2.24, 2.45) is 0 Å². The number of unbranched alkanes of at least 4 members (excludes halogenated alkanes) is 13. The normalized spacial score (nSPS) is 15.1. The molecular weight excluding hydrogens is 604 g/mol. The molecule has 0 saturated carbocycles. The van der Waals surface area contributed by atoms with E-state index in [0.29, 0.717) is 0 Å². The quantitative estimate of drug-likeness (QED) is 0.0915. The van der Waals surface area contributed by atoms with Gasteiger partial charge in [-0.1, -0.05) is 103 Å². The highest BCUT2D eigenvalue weighted by Crippen LogP contribution is 2.16. The number of hydrogen-bond donors (Lipinski definition) is 1. The molecule has 2 heterocycles. The average molecular weight is 666 g/mol. The zero-order chi connectivity index (χ0) is 30.1. The highest BCUT2D eigenvalue weighted by Gasteiger charge is 2.18. The van der Waals surface area contributed by atoms with Crippen molar-refractivity contribution in [1.29, 1.82) is 0 Å². The molecule has 0 spiro atoms. The van der Waals surface area contributed by atoms with E-state index < -0.39 is 0 Å². The average Bonchev–Trinajstić information content (AvgIpc) is 3.02. The van der Waals surface area contributed by atoms with Crippen LogP contribution < -0.4 is 26.9 Å². The van der Waals surface area contributed by atoms with Crippen molar-refractivity contribution in [3.63, 3.8) is 0 Å². The fraction of sp³-hybridized carbons (Fsp3) is 0.722. The van der Waals surface area contributed by atoms with Gasteiger partial charge in [-0.15, -0.1) is 0 Å². The topological polar surface area (TPSA) is 60.7 Å². The summed E-state index contributed by atoms with van der Waals surface area (Å²) < 4.78 is 18.4. The lowest BCUT2D eigenvalue weighted by Gasteiger charge is -2.22. The summed E-state index contributed by atoms with van der Waals surface area (Å²) in [4.78, 5) is 11.1. The molecule has 1 saturated heterocycles. The van der Waals surface area contributed by atoms with E-state index in [2.05, 4.69) is 66.3 Å². The van der Waals surface area contributed by atoms with Gasteiger partial charge in [-0.2, -0.15) is 4.57 Å². The number of fused-ring (bicyclic) bond motifs is 1. The molecule has 43 heavy (non-hydrogen) atoms. The second kappa shape index (κ2) is 26.7. The molecule has 1 aromatic carbocycles. The molecular formula is C36H61BrN2O4. The smallest absolute Gasteiger partial charge is 0.407 e. The van der Waals surface area contributed by atoms with Gasteiger partial charge in [0.1, 0.15) is 12.6 Å². The zero-order valence-electron chi connectivity index (χ0n) is 27.5. The summed E-state index contributed by atoms with van der Waals surface area (Å²) in [6, 6.07) is 12.8. The monoisotopic (exact) mass is 664 g/mol. The summed E-state index contributed by atoms with van der Waals surface area (Å²) in [7, 11) is 1.69. The number of pyridine rings is 1. The first-order valence-corrected chi connectivity index (χ1v) is 17.1. The van der Waals surface area contributed by atoms with Crippen LogP contribution in [0.3, 0.4) is 0 Å². The molecule has 6 nitrogen and oxygen atoms in total. The molecule has 0 aliphatic carbocycles. The van der Waals surface area contributed by atoms with Crippen LogP contribution in [0.4, 0.5) is 4.79 Å². The number of alkyl carbamates (subject to hydrolysis) is 1. The predicted molar refractivity (Wildman–Crippen MR) is 174 cm³/mol. The highest BCUT2D eigenvalue weighted by molar-refractivity contribution is 5.74. The van der Waals surface area contributed by atoms with Gasteiger partial charge >= 0.3 is 6.09 Å². The molecule has 1 aliphatic rings. The Hall–Kier alpha value is -1.70. The van der Waals surface area contributed by atoms with Crippen LogP contribution in [-0.4, -0.2) is 38.7 Å². The van der Waals surface area contributed by atoms with Gasteiger partial charge in [0.05, 0.1) is 0 Å². The molecule has 0 radical (unpaired) electrons. The Morgan fingerprint density at radius 3 is 2.12 bits per heavy atom. The minimum atomic E-state index is -0.231. The van der Waals surface area contributed by atoms with E-state index in [1.165, 1.54) is 94.4 Å². The van der Waals surface area contributed by atoms with Gasteiger partial charge in [-0.25, -0.2) is 4.79 Å². The maximum absolute atomic E-state index is 11.1. The van der Waals surface area contributed by atoms with Crippen LogP contribution >= 0.6 is 0 Å². The van der Waals surface area contributed by atoms with Gasteiger partial charge in [0.15, 0.2) is 12.5 Å². The summed E-state index contributed by atoms with van der Waals surface area (Å²) in [6.07, 6.45) is 25.1. The van der Waals surface area contributed by atoms with Crippen LogP contribution in [0.25, 0.3) is 10.9 Å². The summed E-state index contributed by atoms with van der Waals surface area (Å²) in [5, 5.41) is 3.99. The number of carbonyl (C=O) groups is 1. The van der Waals surface area contributed by atoms with Crippen molar-refractivity contribution in [3.05, 3.63) is 42.6 Å². The summed E-state index contributed by atoms with van der Waals surface area (Å²) in [6.45, 7) is 6.91. The van der Waals surface area contributed by atoms with Gasteiger partial charge in [0.2, 0.25) is 5.52 Å². The number of aromatic nitrogens is 1. The van der Waals surface area contributed by atoms with E-state index in [-0.39, 0.29) is 35.5 Å². The standard InChI is InChI=1S/C19H37NO2.C17H24NO2.BrH/c1-2-3-4-5-6-7-8-9-10-11-12-13-14-15-18-16-17-20-19(21)22-18;1-3-17(19-2)20-14-7-6-12-18-13-8-10-15-9-4-5-11-16(15)18;/h18H,2-17H2,1H3,(H,20,21);4-5,8-11,13,17H,3,6-7,12,14H2,1-2H3;1H/q;+1;/p-1. The van der Waals surface area contributed by atoms with Crippen molar-refractivity contribution in [3.8, 4) is 0 Å². The number of halogens is 1. The number of nitrogens with one attached hydrogen (secondary N) is 1.